The molecule has 1 saturated carbocycles. The van der Waals surface area contributed by atoms with Gasteiger partial charge >= 0.3 is 6.36 Å². The van der Waals surface area contributed by atoms with Crippen molar-refractivity contribution in [3.8, 4) is 17.6 Å². The third-order valence-corrected chi connectivity index (χ3v) is 8.29. The van der Waals surface area contributed by atoms with Crippen LogP contribution in [0.3, 0.4) is 0 Å². The molecule has 0 radical (unpaired) electrons. The molecule has 41 heavy (non-hydrogen) atoms. The Bertz CT molecular complexity index is 1160. The third-order valence-electron chi connectivity index (χ3n) is 8.29. The van der Waals surface area contributed by atoms with Gasteiger partial charge in [0.2, 0.25) is 11.8 Å². The van der Waals surface area contributed by atoms with E-state index >= 15 is 0 Å². The number of halogens is 3. The van der Waals surface area contributed by atoms with Gasteiger partial charge in [-0.25, -0.2) is 0 Å². The van der Waals surface area contributed by atoms with Gasteiger partial charge in [-0.05, 0) is 75.6 Å². The maximum absolute atomic E-state index is 13.3. The van der Waals surface area contributed by atoms with E-state index in [1.165, 1.54) is 12.1 Å². The quantitative estimate of drug-likeness (QED) is 0.453. The molecule has 12 heteroatoms. The molecule has 2 aliphatic heterocycles. The molecule has 1 aromatic rings. The number of amides is 3. The van der Waals surface area contributed by atoms with Crippen LogP contribution in [0.1, 0.15) is 71.6 Å². The van der Waals surface area contributed by atoms with E-state index in [1.54, 1.807) is 4.90 Å². The van der Waals surface area contributed by atoms with Gasteiger partial charge in [-0.1, -0.05) is 19.3 Å². The van der Waals surface area contributed by atoms with Crippen molar-refractivity contribution in [2.24, 2.45) is 11.3 Å². The first-order chi connectivity index (χ1) is 19.3. The fourth-order valence-corrected chi connectivity index (χ4v) is 6.55. The van der Waals surface area contributed by atoms with Crippen LogP contribution in [0.4, 0.5) is 13.2 Å². The Kier molecular flexibility index (Phi) is 9.04. The summed E-state index contributed by atoms with van der Waals surface area (Å²) in [6.45, 7) is 4.00. The SMILES string of the molecule is CC1(C)C[C@@H](C[C@@H](C#N)NC(=O)C[C@@H]2CC3(CCCCC3)CN2C(=O)COc2ccc(OC(F)(F)F)cc2)C(=O)N1. The summed E-state index contributed by atoms with van der Waals surface area (Å²) in [5.74, 6) is -1.35. The number of carbonyl (C=O) groups is 3. The predicted molar refractivity (Wildman–Crippen MR) is 141 cm³/mol. The number of ether oxygens (including phenoxy) is 2. The van der Waals surface area contributed by atoms with Crippen molar-refractivity contribution >= 4 is 17.7 Å². The number of likely N-dealkylation sites (tertiary alicyclic amines) is 1. The fraction of sp³-hybridized carbons (Fsp3) is 0.655. The summed E-state index contributed by atoms with van der Waals surface area (Å²) in [6, 6.07) is 5.69. The van der Waals surface area contributed by atoms with Crippen LogP contribution >= 0.6 is 0 Å². The summed E-state index contributed by atoms with van der Waals surface area (Å²) in [4.78, 5) is 40.3. The van der Waals surface area contributed by atoms with Crippen molar-refractivity contribution in [2.75, 3.05) is 13.2 Å². The fourth-order valence-electron chi connectivity index (χ4n) is 6.55. The zero-order valence-electron chi connectivity index (χ0n) is 23.4. The molecule has 224 valence electrons. The highest BCUT2D eigenvalue weighted by Gasteiger charge is 2.47. The van der Waals surface area contributed by atoms with Crippen LogP contribution in [0.15, 0.2) is 24.3 Å². The van der Waals surface area contributed by atoms with Crippen LogP contribution in [0.2, 0.25) is 0 Å². The molecule has 0 unspecified atom stereocenters. The lowest BCUT2D eigenvalue weighted by Gasteiger charge is -2.33. The Morgan fingerprint density at radius 3 is 2.39 bits per heavy atom. The number of nitrogens with one attached hydrogen (secondary N) is 2. The van der Waals surface area contributed by atoms with E-state index < -0.39 is 18.2 Å². The topological polar surface area (TPSA) is 121 Å². The van der Waals surface area contributed by atoms with E-state index in [2.05, 4.69) is 21.4 Å². The molecule has 1 aliphatic carbocycles. The second-order valence-electron chi connectivity index (χ2n) is 12.2. The molecule has 9 nitrogen and oxygen atoms in total. The van der Waals surface area contributed by atoms with Crippen LogP contribution in [0.5, 0.6) is 11.5 Å². The molecule has 2 saturated heterocycles. The molecule has 1 spiro atoms. The zero-order valence-corrected chi connectivity index (χ0v) is 23.4. The Balaban J connectivity index is 1.36. The first-order valence-electron chi connectivity index (χ1n) is 14.1. The second kappa shape index (κ2) is 12.2. The Labute approximate surface area is 237 Å². The second-order valence-corrected chi connectivity index (χ2v) is 12.2. The van der Waals surface area contributed by atoms with Gasteiger partial charge in [0.05, 0.1) is 6.07 Å². The van der Waals surface area contributed by atoms with Crippen LogP contribution in [-0.4, -0.2) is 59.8 Å². The van der Waals surface area contributed by atoms with E-state index in [9.17, 15) is 32.8 Å². The van der Waals surface area contributed by atoms with Crippen LogP contribution in [-0.2, 0) is 14.4 Å². The minimum atomic E-state index is -4.81. The van der Waals surface area contributed by atoms with Gasteiger partial charge in [0.15, 0.2) is 6.61 Å². The summed E-state index contributed by atoms with van der Waals surface area (Å²) < 4.78 is 46.6. The third kappa shape index (κ3) is 8.27. The van der Waals surface area contributed by atoms with E-state index in [-0.39, 0.29) is 65.8 Å². The van der Waals surface area contributed by atoms with Gasteiger partial charge in [0.1, 0.15) is 17.5 Å². The van der Waals surface area contributed by atoms with Crippen LogP contribution < -0.4 is 20.1 Å². The highest BCUT2D eigenvalue weighted by Crippen LogP contribution is 2.47. The Morgan fingerprint density at radius 2 is 1.80 bits per heavy atom. The largest absolute Gasteiger partial charge is 0.573 e. The molecular weight excluding hydrogens is 541 g/mol. The van der Waals surface area contributed by atoms with E-state index in [0.29, 0.717) is 19.4 Å². The normalized spacial score (nSPS) is 23.9. The van der Waals surface area contributed by atoms with Crippen molar-refractivity contribution in [3.05, 3.63) is 24.3 Å². The average Bonchev–Trinajstić information content (AvgIpc) is 3.36. The summed E-state index contributed by atoms with van der Waals surface area (Å²) in [6.07, 6.45) is 1.85. The van der Waals surface area contributed by atoms with E-state index in [4.69, 9.17) is 4.74 Å². The number of hydrogen-bond donors (Lipinski definition) is 2. The van der Waals surface area contributed by atoms with Crippen molar-refractivity contribution < 1.29 is 37.0 Å². The van der Waals surface area contributed by atoms with Gasteiger partial charge in [-0.2, -0.15) is 5.26 Å². The molecule has 1 aromatic carbocycles. The maximum atomic E-state index is 13.3. The van der Waals surface area contributed by atoms with Crippen molar-refractivity contribution in [3.63, 3.8) is 0 Å². The molecule has 3 fully saturated rings. The standard InChI is InChI=1S/C29H37F3N4O5/c1-27(2)14-19(26(39)35-27)12-20(16-33)34-24(37)13-21-15-28(10-4-3-5-11-28)18-36(21)25(38)17-40-22-6-8-23(9-7-22)41-29(30,31)32/h6-9,19-21H,3-5,10-15,17-18H2,1-2H3,(H,34,37)(H,35,39)/t19-,20+,21-/m1/s1. The van der Waals surface area contributed by atoms with Gasteiger partial charge < -0.3 is 25.0 Å². The molecule has 4 rings (SSSR count). The highest BCUT2D eigenvalue weighted by atomic mass is 19.4. The minimum Gasteiger partial charge on any atom is -0.484 e. The summed E-state index contributed by atoms with van der Waals surface area (Å²) in [5, 5.41) is 15.3. The van der Waals surface area contributed by atoms with Crippen molar-refractivity contribution in [1.82, 2.24) is 15.5 Å². The number of nitriles is 1. The van der Waals surface area contributed by atoms with Gasteiger partial charge in [-0.3, -0.25) is 14.4 Å². The Morgan fingerprint density at radius 1 is 1.15 bits per heavy atom. The number of nitrogens with zero attached hydrogens (tertiary/aromatic N) is 2. The smallest absolute Gasteiger partial charge is 0.484 e. The predicted octanol–water partition coefficient (Wildman–Crippen LogP) is 4.22. The molecule has 3 atom stereocenters. The molecule has 0 aromatic heterocycles. The first kappa shape index (κ1) is 30.5. The zero-order chi connectivity index (χ0) is 29.8. The maximum Gasteiger partial charge on any atom is 0.573 e. The van der Waals surface area contributed by atoms with Crippen molar-refractivity contribution in [1.29, 1.82) is 5.26 Å². The lowest BCUT2D eigenvalue weighted by Crippen LogP contribution is -2.43. The monoisotopic (exact) mass is 578 g/mol. The lowest BCUT2D eigenvalue weighted by molar-refractivity contribution is -0.274. The highest BCUT2D eigenvalue weighted by molar-refractivity contribution is 5.83. The number of benzene rings is 1. The number of alkyl halides is 3. The molecule has 2 N–H and O–H groups in total. The van der Waals surface area contributed by atoms with Crippen LogP contribution in [0.25, 0.3) is 0 Å². The van der Waals surface area contributed by atoms with Crippen molar-refractivity contribution in [2.45, 2.75) is 95.6 Å². The number of carbonyl (C=O) groups excluding carboxylic acids is 3. The molecule has 2 heterocycles. The molecule has 0 bridgehead atoms. The van der Waals surface area contributed by atoms with Gasteiger partial charge in [-0.15, -0.1) is 13.2 Å². The summed E-state index contributed by atoms with van der Waals surface area (Å²) in [5.41, 5.74) is -0.427. The van der Waals surface area contributed by atoms with E-state index in [0.717, 1.165) is 44.2 Å². The number of hydrogen-bond acceptors (Lipinski definition) is 6. The lowest BCUT2D eigenvalue weighted by atomic mass is 9.72. The Hall–Kier alpha value is -3.49. The van der Waals surface area contributed by atoms with E-state index in [1.807, 2.05) is 13.8 Å². The van der Waals surface area contributed by atoms with Crippen LogP contribution in [0, 0.1) is 22.7 Å². The minimum absolute atomic E-state index is 0.0253. The van der Waals surface area contributed by atoms with Gasteiger partial charge in [0, 0.05) is 30.5 Å². The molecular formula is C29H37F3N4O5. The number of rotatable bonds is 9. The molecule has 3 aliphatic rings. The summed E-state index contributed by atoms with van der Waals surface area (Å²) >= 11 is 0. The molecule has 3 amide bonds. The summed E-state index contributed by atoms with van der Waals surface area (Å²) in [7, 11) is 0. The first-order valence-corrected chi connectivity index (χ1v) is 14.1. The van der Waals surface area contributed by atoms with Gasteiger partial charge in [0.25, 0.3) is 5.91 Å². The average molecular weight is 579 g/mol.